The lowest BCUT2D eigenvalue weighted by Crippen LogP contribution is -2.31. The fourth-order valence-electron chi connectivity index (χ4n) is 1.50. The topological polar surface area (TPSA) is 37.3 Å². The van der Waals surface area contributed by atoms with E-state index in [1.165, 1.54) is 0 Å². The minimum Gasteiger partial charge on any atom is -0.378 e. The highest BCUT2D eigenvalue weighted by Crippen LogP contribution is 2.23. The molecule has 1 N–H and O–H groups in total. The normalized spacial score (nSPS) is 14.6. The number of hydrogen-bond acceptors (Lipinski definition) is 2. The highest BCUT2D eigenvalue weighted by Gasteiger charge is 2.30. The molecule has 0 radical (unpaired) electrons. The average molecular weight is 206 g/mol. The van der Waals surface area contributed by atoms with Crippen LogP contribution in [0.5, 0.6) is 0 Å². The molecule has 0 aromatic heterocycles. The first-order valence-corrected chi connectivity index (χ1v) is 5.40. The second kappa shape index (κ2) is 5.08. The van der Waals surface area contributed by atoms with Crippen LogP contribution in [-0.2, 0) is 10.4 Å². The Morgan fingerprint density at radius 3 is 2.47 bits per heavy atom. The van der Waals surface area contributed by atoms with Gasteiger partial charge in [-0.3, -0.25) is 4.79 Å². The maximum atomic E-state index is 11.8. The highest BCUT2D eigenvalue weighted by atomic mass is 16.3. The standard InChI is InChI=1S/C13H18O2/c1-3-4-10-12(14)13(2,15)11-8-6-5-7-9-11/h5-9,15H,3-4,10H2,1-2H3. The van der Waals surface area contributed by atoms with E-state index in [9.17, 15) is 9.90 Å². The maximum Gasteiger partial charge on any atom is 0.168 e. The third-order valence-corrected chi connectivity index (χ3v) is 2.64. The van der Waals surface area contributed by atoms with Crippen molar-refractivity contribution in [2.75, 3.05) is 0 Å². The van der Waals surface area contributed by atoms with Gasteiger partial charge in [0.1, 0.15) is 5.60 Å². The van der Waals surface area contributed by atoms with Crippen LogP contribution in [-0.4, -0.2) is 10.9 Å². The molecule has 0 aliphatic carbocycles. The van der Waals surface area contributed by atoms with Crippen LogP contribution in [0.4, 0.5) is 0 Å². The minimum absolute atomic E-state index is 0.101. The Kier molecular flexibility index (Phi) is 4.04. The van der Waals surface area contributed by atoms with Crippen molar-refractivity contribution in [3.8, 4) is 0 Å². The molecule has 2 heteroatoms. The summed E-state index contributed by atoms with van der Waals surface area (Å²) < 4.78 is 0. The van der Waals surface area contributed by atoms with E-state index < -0.39 is 5.60 Å². The molecule has 0 spiro atoms. The molecule has 15 heavy (non-hydrogen) atoms. The molecule has 1 unspecified atom stereocenters. The Hall–Kier alpha value is -1.15. The van der Waals surface area contributed by atoms with Crippen molar-refractivity contribution < 1.29 is 9.90 Å². The van der Waals surface area contributed by atoms with Gasteiger partial charge in [0.05, 0.1) is 0 Å². The van der Waals surface area contributed by atoms with E-state index in [1.807, 2.05) is 25.1 Å². The molecular formula is C13H18O2. The van der Waals surface area contributed by atoms with Crippen molar-refractivity contribution in [3.63, 3.8) is 0 Å². The molecule has 1 atom stereocenters. The molecule has 0 bridgehead atoms. The van der Waals surface area contributed by atoms with Gasteiger partial charge in [-0.2, -0.15) is 0 Å². The number of carbonyl (C=O) groups excluding carboxylic acids is 1. The van der Waals surface area contributed by atoms with Gasteiger partial charge in [0.15, 0.2) is 5.78 Å². The number of hydrogen-bond donors (Lipinski definition) is 1. The van der Waals surface area contributed by atoms with Crippen LogP contribution in [0.25, 0.3) is 0 Å². The van der Waals surface area contributed by atoms with Gasteiger partial charge in [-0.15, -0.1) is 0 Å². The summed E-state index contributed by atoms with van der Waals surface area (Å²) in [4.78, 5) is 11.8. The summed E-state index contributed by atoms with van der Waals surface area (Å²) in [5.41, 5.74) is -0.665. The van der Waals surface area contributed by atoms with Gasteiger partial charge in [-0.1, -0.05) is 43.7 Å². The molecule has 2 nitrogen and oxygen atoms in total. The molecule has 82 valence electrons. The summed E-state index contributed by atoms with van der Waals surface area (Å²) in [5, 5.41) is 10.1. The summed E-state index contributed by atoms with van der Waals surface area (Å²) in [5.74, 6) is -0.101. The maximum absolute atomic E-state index is 11.8. The van der Waals surface area contributed by atoms with Crippen LogP contribution in [0.3, 0.4) is 0 Å². The second-order valence-electron chi connectivity index (χ2n) is 3.96. The largest absolute Gasteiger partial charge is 0.378 e. The monoisotopic (exact) mass is 206 g/mol. The predicted octanol–water partition coefficient (Wildman–Crippen LogP) is 2.65. The molecule has 0 aliphatic heterocycles. The van der Waals surface area contributed by atoms with Crippen LogP contribution in [0.2, 0.25) is 0 Å². The lowest BCUT2D eigenvalue weighted by molar-refractivity contribution is -0.136. The van der Waals surface area contributed by atoms with Crippen LogP contribution in [0, 0.1) is 0 Å². The number of carbonyl (C=O) groups is 1. The van der Waals surface area contributed by atoms with E-state index in [0.29, 0.717) is 12.0 Å². The van der Waals surface area contributed by atoms with Crippen molar-refractivity contribution in [3.05, 3.63) is 35.9 Å². The fourth-order valence-corrected chi connectivity index (χ4v) is 1.50. The summed E-state index contributed by atoms with van der Waals surface area (Å²) in [6.07, 6.45) is 2.25. The lowest BCUT2D eigenvalue weighted by atomic mass is 9.89. The quantitative estimate of drug-likeness (QED) is 0.804. The van der Waals surface area contributed by atoms with Gasteiger partial charge in [0.25, 0.3) is 0 Å². The first-order chi connectivity index (χ1) is 7.09. The van der Waals surface area contributed by atoms with E-state index >= 15 is 0 Å². The van der Waals surface area contributed by atoms with Gasteiger partial charge in [-0.05, 0) is 18.9 Å². The highest BCUT2D eigenvalue weighted by molar-refractivity contribution is 5.87. The second-order valence-corrected chi connectivity index (χ2v) is 3.96. The zero-order chi connectivity index (χ0) is 11.3. The molecule has 0 heterocycles. The van der Waals surface area contributed by atoms with Crippen molar-refractivity contribution >= 4 is 5.78 Å². The zero-order valence-corrected chi connectivity index (χ0v) is 9.36. The van der Waals surface area contributed by atoms with Gasteiger partial charge in [-0.25, -0.2) is 0 Å². The van der Waals surface area contributed by atoms with E-state index in [-0.39, 0.29) is 5.78 Å². The van der Waals surface area contributed by atoms with Crippen LogP contribution in [0.15, 0.2) is 30.3 Å². The minimum atomic E-state index is -1.34. The number of aliphatic hydroxyl groups is 1. The Balaban J connectivity index is 2.78. The molecular weight excluding hydrogens is 188 g/mol. The van der Waals surface area contributed by atoms with E-state index in [0.717, 1.165) is 12.8 Å². The van der Waals surface area contributed by atoms with E-state index in [1.54, 1.807) is 19.1 Å². The Bertz CT molecular complexity index is 315. The fraction of sp³-hybridized carbons (Fsp3) is 0.462. The third kappa shape index (κ3) is 2.90. The van der Waals surface area contributed by atoms with Gasteiger partial charge in [0, 0.05) is 6.42 Å². The summed E-state index contributed by atoms with van der Waals surface area (Å²) in [6.45, 7) is 3.60. The average Bonchev–Trinajstić information content (AvgIpc) is 2.27. The summed E-state index contributed by atoms with van der Waals surface area (Å²) in [7, 11) is 0. The number of unbranched alkanes of at least 4 members (excludes halogenated alkanes) is 1. The Morgan fingerprint density at radius 2 is 1.93 bits per heavy atom. The molecule has 0 saturated heterocycles. The van der Waals surface area contributed by atoms with Crippen molar-refractivity contribution in [1.82, 2.24) is 0 Å². The predicted molar refractivity (Wildman–Crippen MR) is 60.5 cm³/mol. The van der Waals surface area contributed by atoms with Gasteiger partial charge in [0.2, 0.25) is 0 Å². The Labute approximate surface area is 90.9 Å². The van der Waals surface area contributed by atoms with Gasteiger partial charge < -0.3 is 5.11 Å². The van der Waals surface area contributed by atoms with E-state index in [4.69, 9.17) is 0 Å². The van der Waals surface area contributed by atoms with E-state index in [2.05, 4.69) is 0 Å². The molecule has 0 amide bonds. The number of ketones is 1. The molecule has 1 aromatic rings. The SMILES string of the molecule is CCCCC(=O)C(C)(O)c1ccccc1. The van der Waals surface area contributed by atoms with Crippen LogP contribution < -0.4 is 0 Å². The van der Waals surface area contributed by atoms with Crippen LogP contribution in [0.1, 0.15) is 38.7 Å². The first kappa shape index (κ1) is 11.9. The lowest BCUT2D eigenvalue weighted by Gasteiger charge is -2.22. The molecule has 0 aliphatic rings. The Morgan fingerprint density at radius 1 is 1.33 bits per heavy atom. The first-order valence-electron chi connectivity index (χ1n) is 5.40. The molecule has 0 fully saturated rings. The van der Waals surface area contributed by atoms with Crippen LogP contribution >= 0.6 is 0 Å². The smallest absolute Gasteiger partial charge is 0.168 e. The molecule has 1 rings (SSSR count). The summed E-state index contributed by atoms with van der Waals surface area (Å²) in [6, 6.07) is 9.09. The van der Waals surface area contributed by atoms with Crippen molar-refractivity contribution in [2.24, 2.45) is 0 Å². The zero-order valence-electron chi connectivity index (χ0n) is 9.36. The van der Waals surface area contributed by atoms with Crippen molar-refractivity contribution in [2.45, 2.75) is 38.7 Å². The number of Topliss-reactive ketones (excluding diaryl/α,β-unsaturated/α-hetero) is 1. The molecule has 1 aromatic carbocycles. The van der Waals surface area contributed by atoms with Crippen molar-refractivity contribution in [1.29, 1.82) is 0 Å². The summed E-state index contributed by atoms with van der Waals surface area (Å²) >= 11 is 0. The number of benzene rings is 1. The third-order valence-electron chi connectivity index (χ3n) is 2.64. The van der Waals surface area contributed by atoms with Gasteiger partial charge >= 0.3 is 0 Å². The number of rotatable bonds is 5. The molecule has 0 saturated carbocycles.